The summed E-state index contributed by atoms with van der Waals surface area (Å²) in [6, 6.07) is -0.954. The number of nitrogens with one attached hydrogen (secondary N) is 1. The molecule has 2 N–H and O–H groups in total. The molecule has 1 heterocycles. The number of amides is 1. The van der Waals surface area contributed by atoms with Crippen molar-refractivity contribution >= 4 is 23.8 Å². The van der Waals surface area contributed by atoms with Crippen LogP contribution in [0.1, 0.15) is 65.7 Å². The number of hydrogen-bond acceptors (Lipinski definition) is 5. The molecule has 6 nitrogen and oxygen atoms in total. The van der Waals surface area contributed by atoms with E-state index in [9.17, 15) is 14.7 Å². The van der Waals surface area contributed by atoms with Crippen LogP contribution in [0.2, 0.25) is 0 Å². The topological polar surface area (TPSA) is 84.9 Å². The van der Waals surface area contributed by atoms with Gasteiger partial charge in [-0.3, -0.25) is 0 Å². The molecule has 1 saturated carbocycles. The number of ether oxygens (including phenoxy) is 2. The quantitative estimate of drug-likeness (QED) is 0.740. The molecule has 1 amide bonds. The Morgan fingerprint density at radius 3 is 2.56 bits per heavy atom. The van der Waals surface area contributed by atoms with Crippen molar-refractivity contribution in [3.05, 3.63) is 0 Å². The molecule has 1 aliphatic carbocycles. The van der Waals surface area contributed by atoms with E-state index >= 15 is 0 Å². The van der Waals surface area contributed by atoms with Gasteiger partial charge in [-0.1, -0.05) is 19.3 Å². The Balaban J connectivity index is 1.72. The van der Waals surface area contributed by atoms with Gasteiger partial charge in [0.05, 0.1) is 11.7 Å². The first kappa shape index (κ1) is 20.4. The number of hydrogen-bond donors (Lipinski definition) is 2. The van der Waals surface area contributed by atoms with Gasteiger partial charge >= 0.3 is 12.1 Å². The Hall–Kier alpha value is -0.950. The number of carbonyl (C=O) groups excluding carboxylic acids is 1. The number of carbonyl (C=O) groups is 2. The molecule has 7 heteroatoms. The maximum absolute atomic E-state index is 11.8. The van der Waals surface area contributed by atoms with Gasteiger partial charge in [-0.15, -0.1) is 0 Å². The van der Waals surface area contributed by atoms with Gasteiger partial charge in [-0.2, -0.15) is 11.8 Å². The molecule has 2 rings (SSSR count). The number of aliphatic carboxylic acids is 1. The highest BCUT2D eigenvalue weighted by Crippen LogP contribution is 2.42. The second-order valence-electron chi connectivity index (χ2n) is 8.10. The SMILES string of the molecule is CC(C)(C)OC(=O)NC(CSCC1CCC2(CCCCC2)O1)C(=O)O. The van der Waals surface area contributed by atoms with Crippen LogP contribution in [-0.4, -0.2) is 52.0 Å². The van der Waals surface area contributed by atoms with Crippen molar-refractivity contribution in [1.29, 1.82) is 0 Å². The van der Waals surface area contributed by atoms with E-state index in [4.69, 9.17) is 9.47 Å². The van der Waals surface area contributed by atoms with Gasteiger partial charge in [0.15, 0.2) is 0 Å². The smallest absolute Gasteiger partial charge is 0.408 e. The largest absolute Gasteiger partial charge is 0.480 e. The fourth-order valence-corrected chi connectivity index (χ4v) is 4.61. The highest BCUT2D eigenvalue weighted by molar-refractivity contribution is 7.99. The van der Waals surface area contributed by atoms with Crippen molar-refractivity contribution in [2.24, 2.45) is 0 Å². The Morgan fingerprint density at radius 1 is 1.28 bits per heavy atom. The molecule has 2 unspecified atom stereocenters. The van der Waals surface area contributed by atoms with Crippen molar-refractivity contribution in [3.8, 4) is 0 Å². The summed E-state index contributed by atoms with van der Waals surface area (Å²) < 4.78 is 11.4. The van der Waals surface area contributed by atoms with Gasteiger partial charge in [0.1, 0.15) is 11.6 Å². The van der Waals surface area contributed by atoms with E-state index in [1.54, 1.807) is 20.8 Å². The molecule has 0 aromatic heterocycles. The van der Waals surface area contributed by atoms with Crippen molar-refractivity contribution in [2.75, 3.05) is 11.5 Å². The van der Waals surface area contributed by atoms with Gasteiger partial charge in [0.2, 0.25) is 0 Å². The van der Waals surface area contributed by atoms with Crippen LogP contribution in [0.5, 0.6) is 0 Å². The van der Waals surface area contributed by atoms with E-state index < -0.39 is 23.7 Å². The number of carboxylic acids is 1. The molecule has 1 saturated heterocycles. The maximum atomic E-state index is 11.8. The first-order valence-electron chi connectivity index (χ1n) is 9.17. The summed E-state index contributed by atoms with van der Waals surface area (Å²) >= 11 is 1.52. The predicted molar refractivity (Wildman–Crippen MR) is 98.0 cm³/mol. The zero-order valence-corrected chi connectivity index (χ0v) is 16.3. The molecule has 2 aliphatic rings. The fraction of sp³-hybridized carbons (Fsp3) is 0.889. The molecule has 2 atom stereocenters. The monoisotopic (exact) mass is 373 g/mol. The van der Waals surface area contributed by atoms with Gasteiger partial charge < -0.3 is 19.9 Å². The molecule has 1 spiro atoms. The zero-order chi connectivity index (χ0) is 18.5. The number of rotatable bonds is 6. The lowest BCUT2D eigenvalue weighted by molar-refractivity contribution is -0.138. The molecule has 1 aliphatic heterocycles. The van der Waals surface area contributed by atoms with Crippen LogP contribution in [-0.2, 0) is 14.3 Å². The van der Waals surface area contributed by atoms with E-state index in [2.05, 4.69) is 5.32 Å². The Labute approximate surface area is 154 Å². The Morgan fingerprint density at radius 2 is 1.96 bits per heavy atom. The van der Waals surface area contributed by atoms with E-state index in [0.29, 0.717) is 5.75 Å². The summed E-state index contributed by atoms with van der Waals surface area (Å²) in [6.07, 6.45) is 7.79. The minimum Gasteiger partial charge on any atom is -0.480 e. The third-order valence-electron chi connectivity index (χ3n) is 4.68. The molecule has 0 bridgehead atoms. The number of carboxylic acid groups (broad SMARTS) is 1. The molecule has 25 heavy (non-hydrogen) atoms. The molecular weight excluding hydrogens is 342 g/mol. The minimum absolute atomic E-state index is 0.0877. The third-order valence-corrected chi connectivity index (χ3v) is 5.86. The summed E-state index contributed by atoms with van der Waals surface area (Å²) in [6.45, 7) is 5.24. The number of alkyl carbamates (subject to hydrolysis) is 1. The van der Waals surface area contributed by atoms with Gasteiger partial charge in [0, 0.05) is 11.5 Å². The van der Waals surface area contributed by atoms with Crippen LogP contribution >= 0.6 is 11.8 Å². The summed E-state index contributed by atoms with van der Waals surface area (Å²) in [4.78, 5) is 23.1. The zero-order valence-electron chi connectivity index (χ0n) is 15.5. The number of thioether (sulfide) groups is 1. The third kappa shape index (κ3) is 6.70. The fourth-order valence-electron chi connectivity index (χ4n) is 3.52. The average Bonchev–Trinajstić information content (AvgIpc) is 2.87. The summed E-state index contributed by atoms with van der Waals surface area (Å²) in [7, 11) is 0. The molecular formula is C18H31NO5S. The van der Waals surface area contributed by atoms with E-state index in [-0.39, 0.29) is 11.7 Å². The second-order valence-corrected chi connectivity index (χ2v) is 9.17. The van der Waals surface area contributed by atoms with E-state index in [1.165, 1.54) is 31.0 Å². The second kappa shape index (κ2) is 8.62. The van der Waals surface area contributed by atoms with Crippen LogP contribution < -0.4 is 5.32 Å². The highest BCUT2D eigenvalue weighted by atomic mass is 32.2. The predicted octanol–water partition coefficient (Wildman–Crippen LogP) is 3.58. The lowest BCUT2D eigenvalue weighted by atomic mass is 9.83. The normalized spacial score (nSPS) is 24.0. The molecule has 2 fully saturated rings. The van der Waals surface area contributed by atoms with Gasteiger partial charge in [-0.25, -0.2) is 9.59 Å². The van der Waals surface area contributed by atoms with Crippen molar-refractivity contribution in [3.63, 3.8) is 0 Å². The van der Waals surface area contributed by atoms with Crippen LogP contribution in [0.15, 0.2) is 0 Å². The first-order valence-corrected chi connectivity index (χ1v) is 10.3. The average molecular weight is 374 g/mol. The summed E-state index contributed by atoms with van der Waals surface area (Å²) in [5, 5.41) is 11.7. The molecule has 0 aromatic rings. The highest BCUT2D eigenvalue weighted by Gasteiger charge is 2.40. The lowest BCUT2D eigenvalue weighted by Crippen LogP contribution is -2.45. The Bertz CT molecular complexity index is 471. The van der Waals surface area contributed by atoms with Crippen LogP contribution in [0, 0.1) is 0 Å². The standard InChI is InChI=1S/C18H31NO5S/c1-17(2,3)24-16(22)19-14(15(20)21)12-25-11-13-7-10-18(23-13)8-5-4-6-9-18/h13-14H,4-12H2,1-3H3,(H,19,22)(H,20,21). The van der Waals surface area contributed by atoms with Crippen molar-refractivity contribution < 1.29 is 24.2 Å². The summed E-state index contributed by atoms with van der Waals surface area (Å²) in [5.41, 5.74) is -0.559. The molecule has 0 aromatic carbocycles. The van der Waals surface area contributed by atoms with E-state index in [0.717, 1.165) is 31.4 Å². The van der Waals surface area contributed by atoms with Crippen LogP contribution in [0.25, 0.3) is 0 Å². The lowest BCUT2D eigenvalue weighted by Gasteiger charge is -2.33. The Kier molecular flexibility index (Phi) is 7.02. The minimum atomic E-state index is -1.05. The molecule has 144 valence electrons. The molecule has 0 radical (unpaired) electrons. The van der Waals surface area contributed by atoms with Gasteiger partial charge in [0.25, 0.3) is 0 Å². The van der Waals surface area contributed by atoms with Gasteiger partial charge in [-0.05, 0) is 46.5 Å². The summed E-state index contributed by atoms with van der Waals surface area (Å²) in [5.74, 6) is 0.0256. The first-order chi connectivity index (χ1) is 11.7. The van der Waals surface area contributed by atoms with Crippen LogP contribution in [0.3, 0.4) is 0 Å². The maximum Gasteiger partial charge on any atom is 0.408 e. The van der Waals surface area contributed by atoms with Crippen LogP contribution in [0.4, 0.5) is 4.79 Å². The van der Waals surface area contributed by atoms with E-state index in [1.807, 2.05) is 0 Å². The van der Waals surface area contributed by atoms with Crippen molar-refractivity contribution in [2.45, 2.75) is 89.1 Å². The van der Waals surface area contributed by atoms with Crippen molar-refractivity contribution in [1.82, 2.24) is 5.32 Å².